The lowest BCUT2D eigenvalue weighted by atomic mass is 10.2. The molecule has 0 bridgehead atoms. The number of amides is 1. The second-order valence-electron chi connectivity index (χ2n) is 5.49. The van der Waals surface area contributed by atoms with Crippen molar-refractivity contribution in [1.29, 1.82) is 0 Å². The summed E-state index contributed by atoms with van der Waals surface area (Å²) in [6.07, 6.45) is 1.10. The molecule has 2 rings (SSSR count). The number of sulfone groups is 1. The monoisotopic (exact) mass is 326 g/mol. The molecule has 1 aliphatic heterocycles. The average Bonchev–Trinajstić information content (AvgIpc) is 2.53. The van der Waals surface area contributed by atoms with Crippen molar-refractivity contribution in [2.75, 3.05) is 44.4 Å². The molecule has 0 aliphatic carbocycles. The number of anilines is 1. The van der Waals surface area contributed by atoms with Crippen LogP contribution in [0.15, 0.2) is 24.3 Å². The van der Waals surface area contributed by atoms with Crippen molar-refractivity contribution in [1.82, 2.24) is 4.90 Å². The van der Waals surface area contributed by atoms with E-state index in [0.29, 0.717) is 26.2 Å². The Bertz CT molecular complexity index is 637. The lowest BCUT2D eigenvalue weighted by Crippen LogP contribution is -2.52. The van der Waals surface area contributed by atoms with Crippen LogP contribution < -0.4 is 9.64 Å². The molecule has 1 atom stereocenters. The maximum Gasteiger partial charge on any atom is 0.240 e. The fourth-order valence-electron chi connectivity index (χ4n) is 2.43. The summed E-state index contributed by atoms with van der Waals surface area (Å²) in [5.41, 5.74) is 1.04. The van der Waals surface area contributed by atoms with E-state index in [-0.39, 0.29) is 5.91 Å². The standard InChI is InChI=1S/C15H22N2O4S/c1-12(22(3,19)20)15(18)17-9-7-16(8-10-17)13-5-4-6-14(11-13)21-2/h4-6,11-12H,7-10H2,1-3H3. The van der Waals surface area contributed by atoms with Gasteiger partial charge >= 0.3 is 0 Å². The Hall–Kier alpha value is -1.76. The Morgan fingerprint density at radius 2 is 1.86 bits per heavy atom. The predicted octanol–water partition coefficient (Wildman–Crippen LogP) is 0.777. The predicted molar refractivity (Wildman–Crippen MR) is 86.1 cm³/mol. The highest BCUT2D eigenvalue weighted by Gasteiger charge is 2.30. The number of ether oxygens (including phenoxy) is 1. The lowest BCUT2D eigenvalue weighted by Gasteiger charge is -2.37. The van der Waals surface area contributed by atoms with Crippen LogP contribution in [0.25, 0.3) is 0 Å². The number of piperazine rings is 1. The Labute approximate surface area is 131 Å². The van der Waals surface area contributed by atoms with Crippen molar-refractivity contribution in [2.45, 2.75) is 12.2 Å². The summed E-state index contributed by atoms with van der Waals surface area (Å²) in [7, 11) is -1.72. The largest absolute Gasteiger partial charge is 0.497 e. The minimum Gasteiger partial charge on any atom is -0.497 e. The zero-order valence-corrected chi connectivity index (χ0v) is 14.0. The maximum atomic E-state index is 12.2. The molecular weight excluding hydrogens is 304 g/mol. The minimum absolute atomic E-state index is 0.312. The van der Waals surface area contributed by atoms with Gasteiger partial charge in [0.1, 0.15) is 11.0 Å². The van der Waals surface area contributed by atoms with Crippen LogP contribution in [0.1, 0.15) is 6.92 Å². The number of methoxy groups -OCH3 is 1. The molecule has 1 aromatic carbocycles. The Kier molecular flexibility index (Phi) is 4.95. The number of carbonyl (C=O) groups is 1. The van der Waals surface area contributed by atoms with Crippen molar-refractivity contribution in [2.24, 2.45) is 0 Å². The Balaban J connectivity index is 1.99. The van der Waals surface area contributed by atoms with Gasteiger partial charge in [-0.1, -0.05) is 6.07 Å². The van der Waals surface area contributed by atoms with E-state index < -0.39 is 15.1 Å². The van der Waals surface area contributed by atoms with Gasteiger partial charge in [0.2, 0.25) is 5.91 Å². The Morgan fingerprint density at radius 1 is 1.23 bits per heavy atom. The van der Waals surface area contributed by atoms with Gasteiger partial charge in [-0.05, 0) is 19.1 Å². The maximum absolute atomic E-state index is 12.2. The number of carbonyl (C=O) groups excluding carboxylic acids is 1. The van der Waals surface area contributed by atoms with E-state index in [9.17, 15) is 13.2 Å². The normalized spacial score (nSPS) is 17.2. The van der Waals surface area contributed by atoms with E-state index in [4.69, 9.17) is 4.74 Å². The van der Waals surface area contributed by atoms with E-state index in [2.05, 4.69) is 4.90 Å². The van der Waals surface area contributed by atoms with Gasteiger partial charge in [0.15, 0.2) is 9.84 Å². The number of nitrogens with zero attached hydrogens (tertiary/aromatic N) is 2. The summed E-state index contributed by atoms with van der Waals surface area (Å²) in [4.78, 5) is 16.0. The van der Waals surface area contributed by atoms with Gasteiger partial charge in [-0.15, -0.1) is 0 Å². The first-order chi connectivity index (χ1) is 10.3. The third kappa shape index (κ3) is 3.71. The third-order valence-corrected chi connectivity index (χ3v) is 5.49. The molecule has 1 aliphatic rings. The summed E-state index contributed by atoms with van der Waals surface area (Å²) in [6.45, 7) is 3.85. The van der Waals surface area contributed by atoms with E-state index in [1.54, 1.807) is 12.0 Å². The van der Waals surface area contributed by atoms with Crippen LogP contribution in [-0.2, 0) is 14.6 Å². The van der Waals surface area contributed by atoms with Gasteiger partial charge in [0.05, 0.1) is 7.11 Å². The number of hydrogen-bond acceptors (Lipinski definition) is 5. The minimum atomic E-state index is -3.35. The molecule has 6 nitrogen and oxygen atoms in total. The summed E-state index contributed by atoms with van der Waals surface area (Å²) < 4.78 is 28.2. The first kappa shape index (κ1) is 16.6. The molecule has 0 saturated carbocycles. The van der Waals surface area contributed by atoms with Gasteiger partial charge in [0.25, 0.3) is 0 Å². The molecular formula is C15H22N2O4S. The number of hydrogen-bond donors (Lipinski definition) is 0. The fraction of sp³-hybridized carbons (Fsp3) is 0.533. The van der Waals surface area contributed by atoms with Crippen LogP contribution in [0, 0.1) is 0 Å². The molecule has 1 saturated heterocycles. The zero-order chi connectivity index (χ0) is 16.3. The number of rotatable bonds is 4. The molecule has 1 aromatic rings. The molecule has 1 amide bonds. The van der Waals surface area contributed by atoms with Crippen LogP contribution in [0.2, 0.25) is 0 Å². The molecule has 0 N–H and O–H groups in total. The van der Waals surface area contributed by atoms with Gasteiger partial charge in [0, 0.05) is 44.2 Å². The third-order valence-electron chi connectivity index (χ3n) is 4.00. The second kappa shape index (κ2) is 6.56. The first-order valence-corrected chi connectivity index (χ1v) is 9.15. The fourth-order valence-corrected chi connectivity index (χ4v) is 2.95. The molecule has 1 unspecified atom stereocenters. The molecule has 1 heterocycles. The zero-order valence-electron chi connectivity index (χ0n) is 13.2. The van der Waals surface area contributed by atoms with Gasteiger partial charge < -0.3 is 14.5 Å². The van der Waals surface area contributed by atoms with Crippen LogP contribution in [-0.4, -0.2) is 64.0 Å². The van der Waals surface area contributed by atoms with Crippen molar-refractivity contribution in [3.63, 3.8) is 0 Å². The molecule has 122 valence electrons. The smallest absolute Gasteiger partial charge is 0.240 e. The highest BCUT2D eigenvalue weighted by Crippen LogP contribution is 2.22. The van der Waals surface area contributed by atoms with Crippen LogP contribution in [0.3, 0.4) is 0 Å². The van der Waals surface area contributed by atoms with Crippen molar-refractivity contribution in [3.8, 4) is 5.75 Å². The molecule has 0 radical (unpaired) electrons. The van der Waals surface area contributed by atoms with Gasteiger partial charge in [-0.25, -0.2) is 8.42 Å². The van der Waals surface area contributed by atoms with Crippen LogP contribution >= 0.6 is 0 Å². The summed E-state index contributed by atoms with van der Waals surface area (Å²) in [5.74, 6) is 0.481. The summed E-state index contributed by atoms with van der Waals surface area (Å²) in [6, 6.07) is 7.77. The van der Waals surface area contributed by atoms with E-state index in [1.165, 1.54) is 6.92 Å². The SMILES string of the molecule is COc1cccc(N2CCN(C(=O)C(C)S(C)(=O)=O)CC2)c1. The lowest BCUT2D eigenvalue weighted by molar-refractivity contribution is -0.130. The van der Waals surface area contributed by atoms with Crippen molar-refractivity contribution >= 4 is 21.4 Å². The highest BCUT2D eigenvalue weighted by molar-refractivity contribution is 7.92. The molecule has 0 spiro atoms. The van der Waals surface area contributed by atoms with Crippen molar-refractivity contribution < 1.29 is 17.9 Å². The molecule has 7 heteroatoms. The number of benzene rings is 1. The first-order valence-electron chi connectivity index (χ1n) is 7.19. The summed E-state index contributed by atoms with van der Waals surface area (Å²) >= 11 is 0. The quantitative estimate of drug-likeness (QED) is 0.818. The van der Waals surface area contributed by atoms with E-state index in [0.717, 1.165) is 17.7 Å². The average molecular weight is 326 g/mol. The van der Waals surface area contributed by atoms with Gasteiger partial charge in [-0.3, -0.25) is 4.79 Å². The van der Waals surface area contributed by atoms with Gasteiger partial charge in [-0.2, -0.15) is 0 Å². The van der Waals surface area contributed by atoms with Crippen LogP contribution in [0.4, 0.5) is 5.69 Å². The van der Waals surface area contributed by atoms with E-state index in [1.807, 2.05) is 24.3 Å². The summed E-state index contributed by atoms with van der Waals surface area (Å²) in [5, 5.41) is -0.976. The highest BCUT2D eigenvalue weighted by atomic mass is 32.2. The molecule has 22 heavy (non-hydrogen) atoms. The topological polar surface area (TPSA) is 66.9 Å². The molecule has 0 aromatic heterocycles. The van der Waals surface area contributed by atoms with Crippen molar-refractivity contribution in [3.05, 3.63) is 24.3 Å². The Morgan fingerprint density at radius 3 is 2.41 bits per heavy atom. The van der Waals surface area contributed by atoms with Crippen LogP contribution in [0.5, 0.6) is 5.75 Å². The second-order valence-corrected chi connectivity index (χ2v) is 7.85. The molecule has 1 fully saturated rings. The van der Waals surface area contributed by atoms with E-state index >= 15 is 0 Å².